The highest BCUT2D eigenvalue weighted by molar-refractivity contribution is 5.96. The summed E-state index contributed by atoms with van der Waals surface area (Å²) in [4.78, 5) is 80.1. The molecule has 338 valence electrons. The van der Waals surface area contributed by atoms with Crippen LogP contribution in [-0.2, 0) is 19.1 Å². The number of nitrogens with zero attached hydrogens (tertiary/aromatic N) is 5. The Morgan fingerprint density at radius 1 is 0.738 bits per heavy atom. The van der Waals surface area contributed by atoms with Crippen molar-refractivity contribution < 1.29 is 33.4 Å². The number of aromatic nitrogens is 6. The maximum atomic E-state index is 13.8. The van der Waals surface area contributed by atoms with Crippen LogP contribution in [-0.4, -0.2) is 103 Å². The van der Waals surface area contributed by atoms with Crippen LogP contribution in [0.2, 0.25) is 0 Å². The molecule has 2 aromatic carbocycles. The number of nitrogens with one attached hydrogen (secondary N) is 5. The Kier molecular flexibility index (Phi) is 11.8. The lowest BCUT2D eigenvalue weighted by Gasteiger charge is -2.30. The van der Waals surface area contributed by atoms with Crippen LogP contribution < -0.4 is 15.4 Å². The molecule has 0 spiro atoms. The standard InChI is InChI=1S/C48H54N10O7/c1-25(2)39(55-47(61)63-5)45(59)57-18-8-11-35(57)43-50-23-33(53-43)27-14-16-32-31(20-27)38-41(52-32)30-15-13-28(21-37(30)65-42(38)29-10-7-17-49-22-29)34-24-51-44(54-34)36-12-9-19-58(36)46(60)40(26(3)4)56-48(62)64-6/h7,10,13-17,20-26,35-36,39-40,42,52H,8-9,11-12,18-19H2,1-6H3,(H,50,53)(H,51,54)(H,55,61)(H,56,62)/t35-,36-,39?,40?,42?/m0/s1. The predicted octanol–water partition coefficient (Wildman–Crippen LogP) is 7.58. The number of fused-ring (bicyclic) bond motifs is 5. The van der Waals surface area contributed by atoms with E-state index in [1.54, 1.807) is 17.3 Å². The van der Waals surface area contributed by atoms with Crippen LogP contribution in [0.4, 0.5) is 9.59 Å². The first kappa shape index (κ1) is 43.1. The quantitative estimate of drug-likeness (QED) is 0.0861. The molecule has 3 aliphatic heterocycles. The maximum Gasteiger partial charge on any atom is 0.407 e. The number of ether oxygens (including phenoxy) is 3. The largest absolute Gasteiger partial charge is 0.480 e. The zero-order valence-corrected chi connectivity index (χ0v) is 37.3. The molecule has 0 saturated carbocycles. The van der Waals surface area contributed by atoms with Crippen LogP contribution in [0.5, 0.6) is 5.75 Å². The van der Waals surface area contributed by atoms with Crippen molar-refractivity contribution in [2.24, 2.45) is 11.8 Å². The number of methoxy groups -OCH3 is 2. The normalized spacial score (nSPS) is 18.9. The molecule has 7 heterocycles. The minimum atomic E-state index is -0.725. The number of carbonyl (C=O) groups excluding carboxylic acids is 4. The van der Waals surface area contributed by atoms with Gasteiger partial charge >= 0.3 is 12.2 Å². The lowest BCUT2D eigenvalue weighted by molar-refractivity contribution is -0.136. The number of likely N-dealkylation sites (tertiary alicyclic amines) is 2. The van der Waals surface area contributed by atoms with E-state index < -0.39 is 30.4 Å². The van der Waals surface area contributed by atoms with Crippen LogP contribution in [0.25, 0.3) is 44.7 Å². The number of pyridine rings is 1. The summed E-state index contributed by atoms with van der Waals surface area (Å²) >= 11 is 0. The molecule has 5 N–H and O–H groups in total. The van der Waals surface area contributed by atoms with Gasteiger partial charge in [-0.05, 0) is 67.9 Å². The number of H-pyrrole nitrogens is 3. The van der Waals surface area contributed by atoms with Gasteiger partial charge in [-0.3, -0.25) is 14.6 Å². The van der Waals surface area contributed by atoms with E-state index in [2.05, 4.69) is 48.8 Å². The van der Waals surface area contributed by atoms with E-state index in [-0.39, 0.29) is 35.7 Å². The predicted molar refractivity (Wildman–Crippen MR) is 241 cm³/mol. The van der Waals surface area contributed by atoms with E-state index in [1.807, 2.05) is 75.3 Å². The number of carbonyl (C=O) groups is 4. The van der Waals surface area contributed by atoms with Gasteiger partial charge in [0.1, 0.15) is 29.5 Å². The summed E-state index contributed by atoms with van der Waals surface area (Å²) < 4.78 is 16.6. The summed E-state index contributed by atoms with van der Waals surface area (Å²) in [5.41, 5.74) is 8.04. The number of alkyl carbamates (subject to hydrolysis) is 2. The minimum Gasteiger partial charge on any atom is -0.480 e. The van der Waals surface area contributed by atoms with Crippen molar-refractivity contribution in [1.82, 2.24) is 50.3 Å². The molecule has 2 fully saturated rings. The fourth-order valence-corrected chi connectivity index (χ4v) is 9.50. The molecule has 17 nitrogen and oxygen atoms in total. The van der Waals surface area contributed by atoms with E-state index in [0.29, 0.717) is 30.5 Å². The van der Waals surface area contributed by atoms with Gasteiger partial charge in [-0.2, -0.15) is 0 Å². The molecule has 17 heteroatoms. The maximum absolute atomic E-state index is 13.8. The zero-order chi connectivity index (χ0) is 45.5. The number of aromatic amines is 3. The summed E-state index contributed by atoms with van der Waals surface area (Å²) in [5, 5.41) is 6.41. The average molecular weight is 883 g/mol. The Balaban J connectivity index is 1.01. The van der Waals surface area contributed by atoms with Gasteiger partial charge in [0, 0.05) is 64.2 Å². The van der Waals surface area contributed by atoms with Gasteiger partial charge in [0.05, 0.1) is 55.8 Å². The molecule has 4 amide bonds. The summed E-state index contributed by atoms with van der Waals surface area (Å²) in [6.07, 6.45) is 8.51. The highest BCUT2D eigenvalue weighted by atomic mass is 16.5. The van der Waals surface area contributed by atoms with Gasteiger partial charge in [0.2, 0.25) is 11.8 Å². The van der Waals surface area contributed by atoms with Crippen molar-refractivity contribution in [2.75, 3.05) is 27.3 Å². The number of imidazole rings is 2. The molecule has 4 aromatic heterocycles. The van der Waals surface area contributed by atoms with Crippen LogP contribution >= 0.6 is 0 Å². The van der Waals surface area contributed by atoms with Crippen LogP contribution in [0, 0.1) is 11.8 Å². The first-order valence-corrected chi connectivity index (χ1v) is 22.2. The van der Waals surface area contributed by atoms with E-state index >= 15 is 0 Å². The third kappa shape index (κ3) is 8.15. The Morgan fingerprint density at radius 2 is 1.31 bits per heavy atom. The molecule has 3 unspecified atom stereocenters. The number of hydrogen-bond acceptors (Lipinski definition) is 10. The number of benzene rings is 2. The Morgan fingerprint density at radius 3 is 1.85 bits per heavy atom. The molecule has 0 radical (unpaired) electrons. The van der Waals surface area contributed by atoms with Crippen molar-refractivity contribution in [1.29, 1.82) is 0 Å². The molecule has 0 aliphatic carbocycles. The van der Waals surface area contributed by atoms with Crippen LogP contribution in [0.1, 0.15) is 94.3 Å². The molecule has 9 rings (SSSR count). The summed E-state index contributed by atoms with van der Waals surface area (Å²) in [6, 6.07) is 14.3. The van der Waals surface area contributed by atoms with Gasteiger partial charge in [0.25, 0.3) is 0 Å². The second-order valence-corrected chi connectivity index (χ2v) is 17.6. The smallest absolute Gasteiger partial charge is 0.407 e. The van der Waals surface area contributed by atoms with Gasteiger partial charge in [-0.15, -0.1) is 0 Å². The summed E-state index contributed by atoms with van der Waals surface area (Å²) in [5.74, 6) is 1.46. The van der Waals surface area contributed by atoms with Gasteiger partial charge < -0.3 is 49.6 Å². The third-order valence-corrected chi connectivity index (χ3v) is 12.9. The van der Waals surface area contributed by atoms with E-state index in [9.17, 15) is 19.2 Å². The van der Waals surface area contributed by atoms with Gasteiger partial charge in [-0.25, -0.2) is 19.6 Å². The molecular formula is C48H54N10O7. The van der Waals surface area contributed by atoms with E-state index in [1.165, 1.54) is 14.2 Å². The minimum absolute atomic E-state index is 0.136. The molecule has 6 aromatic rings. The number of rotatable bonds is 11. The fourth-order valence-electron chi connectivity index (χ4n) is 9.50. The first-order valence-electron chi connectivity index (χ1n) is 22.2. The Hall–Kier alpha value is -7.17. The molecule has 65 heavy (non-hydrogen) atoms. The highest BCUT2D eigenvalue weighted by Crippen LogP contribution is 2.49. The molecule has 2 saturated heterocycles. The molecule has 5 atom stereocenters. The van der Waals surface area contributed by atoms with Crippen molar-refractivity contribution in [3.8, 4) is 39.5 Å². The molecule has 3 aliphatic rings. The SMILES string of the molecule is COC(=O)NC(C(=O)N1CCC[C@H]1c1ncc(-c2ccc3c(c2)OC(c2cccnc2)c2c-3[nH]c3ccc(-c4cnc([C@@H]5CCCN5C(=O)C(NC(=O)OC)C(C)C)[nH]4)cc23)[nH]1)C(C)C. The second kappa shape index (κ2) is 17.8. The lowest BCUT2D eigenvalue weighted by atomic mass is 9.92. The average Bonchev–Trinajstić information content (AvgIpc) is 4.18. The molecular weight excluding hydrogens is 829 g/mol. The zero-order valence-electron chi connectivity index (χ0n) is 37.3. The molecule has 0 bridgehead atoms. The highest BCUT2D eigenvalue weighted by Gasteiger charge is 2.39. The van der Waals surface area contributed by atoms with Gasteiger partial charge in [0.15, 0.2) is 6.10 Å². The number of amides is 4. The number of hydrogen-bond donors (Lipinski definition) is 5. The van der Waals surface area contributed by atoms with Gasteiger partial charge in [-0.1, -0.05) is 45.9 Å². The Labute approximate surface area is 376 Å². The van der Waals surface area contributed by atoms with Crippen molar-refractivity contribution in [3.63, 3.8) is 0 Å². The van der Waals surface area contributed by atoms with E-state index in [0.717, 1.165) is 81.5 Å². The second-order valence-electron chi connectivity index (χ2n) is 17.6. The lowest BCUT2D eigenvalue weighted by Crippen LogP contribution is -2.51. The topological polar surface area (TPSA) is 213 Å². The first-order chi connectivity index (χ1) is 31.4. The monoisotopic (exact) mass is 882 g/mol. The van der Waals surface area contributed by atoms with E-state index in [4.69, 9.17) is 24.2 Å². The third-order valence-electron chi connectivity index (χ3n) is 12.9. The van der Waals surface area contributed by atoms with Crippen molar-refractivity contribution in [2.45, 2.75) is 83.6 Å². The van der Waals surface area contributed by atoms with Crippen molar-refractivity contribution in [3.05, 3.63) is 96.1 Å². The van der Waals surface area contributed by atoms with Crippen LogP contribution in [0.15, 0.2) is 73.3 Å². The van der Waals surface area contributed by atoms with Crippen molar-refractivity contribution >= 4 is 34.9 Å². The summed E-state index contributed by atoms with van der Waals surface area (Å²) in [7, 11) is 2.57. The Bertz CT molecular complexity index is 2740. The fraction of sp³-hybridized carbons (Fsp3) is 0.396. The summed E-state index contributed by atoms with van der Waals surface area (Å²) in [6.45, 7) is 8.71. The van der Waals surface area contributed by atoms with Crippen LogP contribution in [0.3, 0.4) is 0 Å².